The summed E-state index contributed by atoms with van der Waals surface area (Å²) in [4.78, 5) is 12.0. The molecule has 26 heavy (non-hydrogen) atoms. The number of amides is 2. The molecule has 0 aliphatic heterocycles. The fourth-order valence-electron chi connectivity index (χ4n) is 2.74. The van der Waals surface area contributed by atoms with Gasteiger partial charge in [0.2, 0.25) is 0 Å². The summed E-state index contributed by atoms with van der Waals surface area (Å²) in [5.74, 6) is 0. The summed E-state index contributed by atoms with van der Waals surface area (Å²) in [6.45, 7) is 6.13. The number of carbonyl (C=O) groups is 1. The van der Waals surface area contributed by atoms with Crippen molar-refractivity contribution in [3.63, 3.8) is 0 Å². The molecule has 2 aromatic carbocycles. The van der Waals surface area contributed by atoms with Crippen LogP contribution in [0.2, 0.25) is 0 Å². The van der Waals surface area contributed by atoms with Crippen molar-refractivity contribution in [2.75, 3.05) is 5.32 Å². The molecule has 0 unspecified atom stereocenters. The second kappa shape index (κ2) is 7.70. The topological polar surface area (TPSA) is 58.4 Å². The standard InChI is InChI=1S/C21H22N4O/c1-15-9-6-12-20(17(15)3)25-13-7-10-18(25)14-22-24-21(26)23-19-11-5-4-8-16(19)2/h4-14H,1-3H3,(H2,23,24,26). The van der Waals surface area contributed by atoms with Crippen LogP contribution in [-0.4, -0.2) is 16.8 Å². The van der Waals surface area contributed by atoms with Crippen LogP contribution in [0.3, 0.4) is 0 Å². The van der Waals surface area contributed by atoms with Gasteiger partial charge in [-0.1, -0.05) is 30.3 Å². The summed E-state index contributed by atoms with van der Waals surface area (Å²) in [5.41, 5.74) is 8.69. The lowest BCUT2D eigenvalue weighted by Crippen LogP contribution is -2.24. The summed E-state index contributed by atoms with van der Waals surface area (Å²) < 4.78 is 2.05. The van der Waals surface area contributed by atoms with E-state index in [1.165, 1.54) is 11.1 Å². The van der Waals surface area contributed by atoms with Gasteiger partial charge in [-0.15, -0.1) is 0 Å². The number of hydrazone groups is 1. The number of hydrogen-bond donors (Lipinski definition) is 2. The van der Waals surface area contributed by atoms with Crippen LogP contribution >= 0.6 is 0 Å². The molecule has 0 radical (unpaired) electrons. The number of aromatic nitrogens is 1. The maximum absolute atomic E-state index is 12.0. The van der Waals surface area contributed by atoms with E-state index in [0.29, 0.717) is 0 Å². The third kappa shape index (κ3) is 3.83. The Labute approximate surface area is 153 Å². The highest BCUT2D eigenvalue weighted by atomic mass is 16.2. The molecule has 2 N–H and O–H groups in total. The van der Waals surface area contributed by atoms with Crippen molar-refractivity contribution in [1.29, 1.82) is 0 Å². The van der Waals surface area contributed by atoms with Crippen LogP contribution in [0.25, 0.3) is 5.69 Å². The summed E-state index contributed by atoms with van der Waals surface area (Å²) in [7, 11) is 0. The lowest BCUT2D eigenvalue weighted by Gasteiger charge is -2.12. The summed E-state index contributed by atoms with van der Waals surface area (Å²) >= 11 is 0. The van der Waals surface area contributed by atoms with E-state index in [0.717, 1.165) is 22.6 Å². The maximum atomic E-state index is 12.0. The fraction of sp³-hybridized carbons (Fsp3) is 0.143. The van der Waals surface area contributed by atoms with Gasteiger partial charge in [0.15, 0.2) is 0 Å². The number of nitrogens with zero attached hydrogens (tertiary/aromatic N) is 2. The number of nitrogens with one attached hydrogen (secondary N) is 2. The molecule has 1 heterocycles. The molecule has 0 bridgehead atoms. The van der Waals surface area contributed by atoms with Crippen molar-refractivity contribution in [3.8, 4) is 5.69 Å². The monoisotopic (exact) mass is 346 g/mol. The van der Waals surface area contributed by atoms with E-state index in [1.54, 1.807) is 6.21 Å². The van der Waals surface area contributed by atoms with Gasteiger partial charge in [0, 0.05) is 17.6 Å². The third-order valence-corrected chi connectivity index (χ3v) is 4.37. The molecule has 3 aromatic rings. The minimum absolute atomic E-state index is 0.375. The highest BCUT2D eigenvalue weighted by Crippen LogP contribution is 2.19. The molecular formula is C21H22N4O. The van der Waals surface area contributed by atoms with Crippen molar-refractivity contribution in [2.24, 2.45) is 5.10 Å². The van der Waals surface area contributed by atoms with Crippen LogP contribution in [0.4, 0.5) is 10.5 Å². The second-order valence-electron chi connectivity index (χ2n) is 6.16. The number of aryl methyl sites for hydroxylation is 2. The zero-order chi connectivity index (χ0) is 18.5. The molecule has 5 heteroatoms. The molecular weight excluding hydrogens is 324 g/mol. The van der Waals surface area contributed by atoms with Crippen LogP contribution in [0.15, 0.2) is 65.9 Å². The number of benzene rings is 2. The largest absolute Gasteiger partial charge is 0.339 e. The number of urea groups is 1. The van der Waals surface area contributed by atoms with Gasteiger partial charge >= 0.3 is 6.03 Å². The van der Waals surface area contributed by atoms with Crippen molar-refractivity contribution in [1.82, 2.24) is 9.99 Å². The first-order valence-corrected chi connectivity index (χ1v) is 8.46. The number of hydrogen-bond acceptors (Lipinski definition) is 2. The fourth-order valence-corrected chi connectivity index (χ4v) is 2.74. The van der Waals surface area contributed by atoms with Crippen LogP contribution < -0.4 is 10.7 Å². The van der Waals surface area contributed by atoms with E-state index in [1.807, 2.05) is 60.2 Å². The Kier molecular flexibility index (Phi) is 5.17. The van der Waals surface area contributed by atoms with E-state index in [2.05, 4.69) is 41.8 Å². The summed E-state index contributed by atoms with van der Waals surface area (Å²) in [6.07, 6.45) is 3.62. The highest BCUT2D eigenvalue weighted by Gasteiger charge is 2.06. The smallest absolute Gasteiger partial charge is 0.315 e. The van der Waals surface area contributed by atoms with Gasteiger partial charge in [0.25, 0.3) is 0 Å². The maximum Gasteiger partial charge on any atom is 0.339 e. The van der Waals surface area contributed by atoms with E-state index in [9.17, 15) is 4.79 Å². The normalized spacial score (nSPS) is 10.9. The number of anilines is 1. The minimum atomic E-state index is -0.375. The Morgan fingerprint density at radius 1 is 0.962 bits per heavy atom. The highest BCUT2D eigenvalue weighted by molar-refractivity contribution is 5.91. The van der Waals surface area contributed by atoms with E-state index >= 15 is 0 Å². The van der Waals surface area contributed by atoms with E-state index in [4.69, 9.17) is 0 Å². The lowest BCUT2D eigenvalue weighted by atomic mass is 10.1. The Bertz CT molecular complexity index is 956. The summed E-state index contributed by atoms with van der Waals surface area (Å²) in [6, 6.07) is 17.3. The molecule has 132 valence electrons. The number of rotatable bonds is 4. The van der Waals surface area contributed by atoms with Crippen LogP contribution in [0.1, 0.15) is 22.4 Å². The lowest BCUT2D eigenvalue weighted by molar-refractivity contribution is 0.252. The molecule has 0 fully saturated rings. The van der Waals surface area contributed by atoms with E-state index < -0.39 is 0 Å². The van der Waals surface area contributed by atoms with Crippen molar-refractivity contribution < 1.29 is 4.79 Å². The quantitative estimate of drug-likeness (QED) is 0.528. The average molecular weight is 346 g/mol. The summed E-state index contributed by atoms with van der Waals surface area (Å²) in [5, 5.41) is 6.85. The van der Waals surface area contributed by atoms with Gasteiger partial charge in [-0.3, -0.25) is 0 Å². The SMILES string of the molecule is Cc1ccccc1NC(=O)NN=Cc1cccn1-c1cccc(C)c1C. The van der Waals surface area contributed by atoms with Gasteiger partial charge in [-0.2, -0.15) is 5.10 Å². The van der Waals surface area contributed by atoms with Crippen LogP contribution in [-0.2, 0) is 0 Å². The molecule has 0 saturated heterocycles. The molecule has 1 aromatic heterocycles. The Morgan fingerprint density at radius 2 is 1.73 bits per heavy atom. The van der Waals surface area contributed by atoms with Crippen molar-refractivity contribution >= 4 is 17.9 Å². The van der Waals surface area contributed by atoms with Crippen LogP contribution in [0.5, 0.6) is 0 Å². The number of para-hydroxylation sites is 1. The number of carbonyl (C=O) groups excluding carboxylic acids is 1. The van der Waals surface area contributed by atoms with Gasteiger partial charge in [0.05, 0.1) is 11.9 Å². The van der Waals surface area contributed by atoms with Crippen molar-refractivity contribution in [3.05, 3.63) is 83.2 Å². The molecule has 0 spiro atoms. The van der Waals surface area contributed by atoms with Gasteiger partial charge < -0.3 is 9.88 Å². The second-order valence-corrected chi connectivity index (χ2v) is 6.16. The Morgan fingerprint density at radius 3 is 2.54 bits per heavy atom. The molecule has 2 amide bonds. The zero-order valence-corrected chi connectivity index (χ0v) is 15.2. The van der Waals surface area contributed by atoms with Gasteiger partial charge in [0.1, 0.15) is 0 Å². The average Bonchev–Trinajstić information content (AvgIpc) is 3.08. The van der Waals surface area contributed by atoms with Gasteiger partial charge in [-0.25, -0.2) is 10.2 Å². The Hall–Kier alpha value is -3.34. The predicted octanol–water partition coefficient (Wildman–Crippen LogP) is 4.56. The molecule has 0 atom stereocenters. The minimum Gasteiger partial charge on any atom is -0.315 e. The van der Waals surface area contributed by atoms with Crippen molar-refractivity contribution in [2.45, 2.75) is 20.8 Å². The predicted molar refractivity (Wildman–Crippen MR) is 106 cm³/mol. The van der Waals surface area contributed by atoms with Crippen LogP contribution in [0, 0.1) is 20.8 Å². The Balaban J connectivity index is 1.70. The first kappa shape index (κ1) is 17.5. The first-order chi connectivity index (χ1) is 12.6. The van der Waals surface area contributed by atoms with Gasteiger partial charge in [-0.05, 0) is 61.7 Å². The third-order valence-electron chi connectivity index (χ3n) is 4.37. The van der Waals surface area contributed by atoms with E-state index in [-0.39, 0.29) is 6.03 Å². The first-order valence-electron chi connectivity index (χ1n) is 8.46. The molecule has 0 aliphatic carbocycles. The molecule has 0 aliphatic rings. The molecule has 5 nitrogen and oxygen atoms in total. The molecule has 3 rings (SSSR count). The zero-order valence-electron chi connectivity index (χ0n) is 15.2. The molecule has 0 saturated carbocycles.